The summed E-state index contributed by atoms with van der Waals surface area (Å²) in [7, 11) is 5.16. The highest BCUT2D eigenvalue weighted by Gasteiger charge is 2.19. The molecule has 0 heterocycles. The molecule has 2 N–H and O–H groups in total. The lowest BCUT2D eigenvalue weighted by Crippen LogP contribution is -2.23. The fourth-order valence-electron chi connectivity index (χ4n) is 1.89. The van der Waals surface area contributed by atoms with Crippen LogP contribution in [0, 0.1) is 10.1 Å². The molecule has 0 atom stereocenters. The number of amides is 1. The summed E-state index contributed by atoms with van der Waals surface area (Å²) >= 11 is 0. The van der Waals surface area contributed by atoms with E-state index in [9.17, 15) is 14.9 Å². The molecule has 1 aromatic carbocycles. The van der Waals surface area contributed by atoms with Crippen LogP contribution in [0.2, 0.25) is 0 Å². The Morgan fingerprint density at radius 1 is 1.40 bits per heavy atom. The third kappa shape index (κ3) is 3.92. The van der Waals surface area contributed by atoms with Crippen LogP contribution in [-0.2, 0) is 0 Å². The Labute approximate surface area is 118 Å². The standard InChI is InChI=1S/C13H20N4O3/c1-14-7-4-8-16(3)11-6-5-10(13(18)15-2)9-12(11)17(19)20/h5-6,9,14H,4,7-8H2,1-3H3,(H,15,18). The van der Waals surface area contributed by atoms with Crippen LogP contribution in [0.4, 0.5) is 11.4 Å². The van der Waals surface area contributed by atoms with Crippen LogP contribution in [0.1, 0.15) is 16.8 Å². The number of rotatable bonds is 7. The predicted molar refractivity (Wildman–Crippen MR) is 78.3 cm³/mol. The third-order valence-electron chi connectivity index (χ3n) is 2.99. The van der Waals surface area contributed by atoms with E-state index in [4.69, 9.17) is 0 Å². The Bertz CT molecular complexity index is 491. The molecule has 0 saturated heterocycles. The number of anilines is 1. The first kappa shape index (κ1) is 15.9. The molecule has 1 aromatic rings. The van der Waals surface area contributed by atoms with E-state index in [1.54, 1.807) is 19.2 Å². The van der Waals surface area contributed by atoms with Crippen molar-refractivity contribution in [2.75, 3.05) is 39.1 Å². The average molecular weight is 280 g/mol. The fourth-order valence-corrected chi connectivity index (χ4v) is 1.89. The lowest BCUT2D eigenvalue weighted by atomic mass is 10.1. The lowest BCUT2D eigenvalue weighted by Gasteiger charge is -2.19. The molecular formula is C13H20N4O3. The minimum atomic E-state index is -0.462. The van der Waals surface area contributed by atoms with Gasteiger partial charge in [-0.15, -0.1) is 0 Å². The highest BCUT2D eigenvalue weighted by atomic mass is 16.6. The van der Waals surface area contributed by atoms with Crippen molar-refractivity contribution in [2.24, 2.45) is 0 Å². The molecule has 0 radical (unpaired) electrons. The van der Waals surface area contributed by atoms with Gasteiger partial charge in [0.05, 0.1) is 4.92 Å². The summed E-state index contributed by atoms with van der Waals surface area (Å²) < 4.78 is 0. The lowest BCUT2D eigenvalue weighted by molar-refractivity contribution is -0.384. The topological polar surface area (TPSA) is 87.5 Å². The van der Waals surface area contributed by atoms with Crippen molar-refractivity contribution < 1.29 is 9.72 Å². The van der Waals surface area contributed by atoms with E-state index in [1.165, 1.54) is 13.1 Å². The zero-order valence-corrected chi connectivity index (χ0v) is 12.0. The van der Waals surface area contributed by atoms with Gasteiger partial charge < -0.3 is 15.5 Å². The molecule has 0 fully saturated rings. The van der Waals surface area contributed by atoms with Gasteiger partial charge in [0.2, 0.25) is 0 Å². The number of carbonyl (C=O) groups is 1. The molecule has 1 rings (SSSR count). The van der Waals surface area contributed by atoms with Gasteiger partial charge in [-0.05, 0) is 32.1 Å². The highest BCUT2D eigenvalue weighted by Crippen LogP contribution is 2.28. The molecule has 1 amide bonds. The van der Waals surface area contributed by atoms with Gasteiger partial charge in [0, 0.05) is 32.3 Å². The first-order valence-electron chi connectivity index (χ1n) is 6.37. The van der Waals surface area contributed by atoms with Gasteiger partial charge in [-0.25, -0.2) is 0 Å². The number of nitro benzene ring substituents is 1. The van der Waals surface area contributed by atoms with E-state index in [0.717, 1.165) is 13.0 Å². The SMILES string of the molecule is CNCCCN(C)c1ccc(C(=O)NC)cc1[N+](=O)[O-]. The summed E-state index contributed by atoms with van der Waals surface area (Å²) in [6, 6.07) is 4.51. The molecule has 0 aliphatic carbocycles. The summed E-state index contributed by atoms with van der Waals surface area (Å²) in [4.78, 5) is 24.0. The highest BCUT2D eigenvalue weighted by molar-refractivity contribution is 5.95. The second-order valence-electron chi connectivity index (χ2n) is 4.42. The molecule has 0 saturated carbocycles. The maximum atomic E-state index is 11.5. The second kappa shape index (κ2) is 7.44. The van der Waals surface area contributed by atoms with Crippen molar-refractivity contribution in [1.29, 1.82) is 0 Å². The van der Waals surface area contributed by atoms with Crippen LogP contribution >= 0.6 is 0 Å². The van der Waals surface area contributed by atoms with E-state index < -0.39 is 4.92 Å². The van der Waals surface area contributed by atoms with Crippen LogP contribution in [0.3, 0.4) is 0 Å². The number of benzene rings is 1. The van der Waals surface area contributed by atoms with E-state index in [-0.39, 0.29) is 17.2 Å². The van der Waals surface area contributed by atoms with E-state index in [2.05, 4.69) is 10.6 Å². The molecule has 0 aliphatic heterocycles. The van der Waals surface area contributed by atoms with E-state index in [0.29, 0.717) is 12.2 Å². The van der Waals surface area contributed by atoms with Crippen molar-refractivity contribution in [2.45, 2.75) is 6.42 Å². The van der Waals surface area contributed by atoms with Gasteiger partial charge in [0.25, 0.3) is 11.6 Å². The minimum absolute atomic E-state index is 0.0574. The molecule has 0 spiro atoms. The number of nitrogens with zero attached hydrogens (tertiary/aromatic N) is 2. The van der Waals surface area contributed by atoms with E-state index in [1.807, 2.05) is 11.9 Å². The van der Waals surface area contributed by atoms with Crippen LogP contribution in [0.5, 0.6) is 0 Å². The van der Waals surface area contributed by atoms with Crippen molar-refractivity contribution >= 4 is 17.3 Å². The maximum absolute atomic E-state index is 11.5. The normalized spacial score (nSPS) is 10.2. The molecule has 0 bridgehead atoms. The summed E-state index contributed by atoms with van der Waals surface area (Å²) in [5.41, 5.74) is 0.739. The number of nitro groups is 1. The molecular weight excluding hydrogens is 260 g/mol. The van der Waals surface area contributed by atoms with Crippen molar-refractivity contribution in [3.05, 3.63) is 33.9 Å². The first-order valence-corrected chi connectivity index (χ1v) is 6.37. The van der Waals surface area contributed by atoms with Gasteiger partial charge in [0.15, 0.2) is 0 Å². The molecule has 0 aliphatic rings. The summed E-state index contributed by atoms with van der Waals surface area (Å²) in [5.74, 6) is -0.336. The largest absolute Gasteiger partial charge is 0.369 e. The van der Waals surface area contributed by atoms with Crippen LogP contribution in [-0.4, -0.2) is 45.1 Å². The summed E-state index contributed by atoms with van der Waals surface area (Å²) in [6.07, 6.45) is 0.876. The Hall–Kier alpha value is -2.15. The van der Waals surface area contributed by atoms with Crippen LogP contribution in [0.15, 0.2) is 18.2 Å². The Morgan fingerprint density at radius 3 is 2.65 bits per heavy atom. The average Bonchev–Trinajstić information content (AvgIpc) is 2.45. The minimum Gasteiger partial charge on any atom is -0.369 e. The Kier molecular flexibility index (Phi) is 5.92. The van der Waals surface area contributed by atoms with Gasteiger partial charge in [-0.1, -0.05) is 0 Å². The van der Waals surface area contributed by atoms with Gasteiger partial charge in [-0.2, -0.15) is 0 Å². The van der Waals surface area contributed by atoms with Gasteiger partial charge in [0.1, 0.15) is 5.69 Å². The smallest absolute Gasteiger partial charge is 0.293 e. The summed E-state index contributed by atoms with van der Waals surface area (Å²) in [5, 5.41) is 16.6. The summed E-state index contributed by atoms with van der Waals surface area (Å²) in [6.45, 7) is 1.54. The number of hydrogen-bond donors (Lipinski definition) is 2. The molecule has 0 unspecified atom stereocenters. The molecule has 110 valence electrons. The number of carbonyl (C=O) groups excluding carboxylic acids is 1. The van der Waals surface area contributed by atoms with Crippen molar-refractivity contribution in [3.63, 3.8) is 0 Å². The number of hydrogen-bond acceptors (Lipinski definition) is 5. The Balaban J connectivity index is 3.01. The second-order valence-corrected chi connectivity index (χ2v) is 4.42. The van der Waals surface area contributed by atoms with Gasteiger partial charge >= 0.3 is 0 Å². The number of nitrogens with one attached hydrogen (secondary N) is 2. The van der Waals surface area contributed by atoms with Crippen LogP contribution in [0.25, 0.3) is 0 Å². The van der Waals surface area contributed by atoms with Gasteiger partial charge in [-0.3, -0.25) is 14.9 Å². The quantitative estimate of drug-likeness (QED) is 0.442. The maximum Gasteiger partial charge on any atom is 0.293 e. The third-order valence-corrected chi connectivity index (χ3v) is 2.99. The molecule has 7 nitrogen and oxygen atoms in total. The zero-order chi connectivity index (χ0) is 15.1. The molecule has 7 heteroatoms. The van der Waals surface area contributed by atoms with Crippen LogP contribution < -0.4 is 15.5 Å². The first-order chi connectivity index (χ1) is 9.51. The monoisotopic (exact) mass is 280 g/mol. The molecule has 20 heavy (non-hydrogen) atoms. The van der Waals surface area contributed by atoms with Crippen molar-refractivity contribution in [3.8, 4) is 0 Å². The van der Waals surface area contributed by atoms with Crippen molar-refractivity contribution in [1.82, 2.24) is 10.6 Å². The molecule has 0 aromatic heterocycles. The fraction of sp³-hybridized carbons (Fsp3) is 0.462. The Morgan fingerprint density at radius 2 is 2.10 bits per heavy atom. The predicted octanol–water partition coefficient (Wildman–Crippen LogP) is 1.00. The van der Waals surface area contributed by atoms with E-state index >= 15 is 0 Å². The zero-order valence-electron chi connectivity index (χ0n) is 12.0.